The number of halogens is 1. The van der Waals surface area contributed by atoms with Crippen LogP contribution in [-0.4, -0.2) is 9.91 Å². The highest BCUT2D eigenvalue weighted by Crippen LogP contribution is 2.36. The van der Waals surface area contributed by atoms with Crippen molar-refractivity contribution in [2.24, 2.45) is 0 Å². The third kappa shape index (κ3) is 2.88. The Kier molecular flexibility index (Phi) is 3.89. The highest BCUT2D eigenvalue weighted by Gasteiger charge is 2.20. The van der Waals surface area contributed by atoms with Crippen LogP contribution < -0.4 is 10.5 Å². The topological polar surface area (TPSA) is 91.3 Å². The van der Waals surface area contributed by atoms with Crippen LogP contribution in [0.3, 0.4) is 0 Å². The van der Waals surface area contributed by atoms with Crippen LogP contribution in [0.4, 0.5) is 11.4 Å². The number of nitrogen functional groups attached to an aromatic ring is 1. The number of hydrogen-bond donors (Lipinski definition) is 1. The number of aryl methyl sites for hydroxylation is 2. The molecule has 0 aliphatic heterocycles. The van der Waals surface area contributed by atoms with Crippen molar-refractivity contribution < 1.29 is 9.66 Å². The molecule has 0 amide bonds. The number of aromatic nitrogens is 1. The third-order valence-corrected chi connectivity index (χ3v) is 3.18. The smallest absolute Gasteiger partial charge is 0.313 e. The summed E-state index contributed by atoms with van der Waals surface area (Å²) in [5.41, 5.74) is 7.35. The molecule has 2 rings (SSSR count). The first kappa shape index (κ1) is 14.3. The fourth-order valence-corrected chi connectivity index (χ4v) is 2.25. The van der Waals surface area contributed by atoms with Gasteiger partial charge in [0.15, 0.2) is 0 Å². The van der Waals surface area contributed by atoms with Crippen molar-refractivity contribution in [2.75, 3.05) is 5.73 Å². The van der Waals surface area contributed by atoms with E-state index in [-0.39, 0.29) is 17.3 Å². The molecule has 1 heterocycles. The second kappa shape index (κ2) is 5.46. The molecule has 1 aromatic carbocycles. The van der Waals surface area contributed by atoms with Crippen LogP contribution in [0.15, 0.2) is 28.7 Å². The molecule has 104 valence electrons. The van der Waals surface area contributed by atoms with Crippen LogP contribution in [0, 0.1) is 24.0 Å². The Morgan fingerprint density at radius 1 is 1.35 bits per heavy atom. The molecule has 20 heavy (non-hydrogen) atoms. The first-order chi connectivity index (χ1) is 9.38. The van der Waals surface area contributed by atoms with E-state index in [1.807, 2.05) is 0 Å². The quantitative estimate of drug-likeness (QED) is 0.680. The molecule has 0 radical (unpaired) electrons. The number of ether oxygens (including phenoxy) is 1. The Labute approximate surface area is 123 Å². The van der Waals surface area contributed by atoms with Crippen LogP contribution in [0.25, 0.3) is 0 Å². The number of hydrogen-bond acceptors (Lipinski definition) is 5. The SMILES string of the molecule is Cc1cc(Br)cc([N+](=O)[O-])c1Oc1ccc(N)c(C)n1. The lowest BCUT2D eigenvalue weighted by molar-refractivity contribution is -0.385. The van der Waals surface area contributed by atoms with E-state index in [1.54, 1.807) is 32.0 Å². The van der Waals surface area contributed by atoms with E-state index < -0.39 is 4.92 Å². The van der Waals surface area contributed by atoms with Gasteiger partial charge in [-0.2, -0.15) is 0 Å². The van der Waals surface area contributed by atoms with Gasteiger partial charge in [0.05, 0.1) is 16.3 Å². The monoisotopic (exact) mass is 337 g/mol. The van der Waals surface area contributed by atoms with Gasteiger partial charge in [-0.05, 0) is 26.0 Å². The van der Waals surface area contributed by atoms with Crippen molar-refractivity contribution in [3.63, 3.8) is 0 Å². The van der Waals surface area contributed by atoms with Gasteiger partial charge in [-0.1, -0.05) is 15.9 Å². The molecule has 0 saturated heterocycles. The van der Waals surface area contributed by atoms with Crippen LogP contribution in [0.5, 0.6) is 11.6 Å². The average molecular weight is 338 g/mol. The fourth-order valence-electron chi connectivity index (χ4n) is 1.69. The minimum Gasteiger partial charge on any atom is -0.432 e. The van der Waals surface area contributed by atoms with Gasteiger partial charge in [0.25, 0.3) is 0 Å². The van der Waals surface area contributed by atoms with Crippen molar-refractivity contribution in [3.05, 3.63) is 50.1 Å². The Hall–Kier alpha value is -2.15. The summed E-state index contributed by atoms with van der Waals surface area (Å²) in [6, 6.07) is 6.37. The van der Waals surface area contributed by atoms with Crippen molar-refractivity contribution in [3.8, 4) is 11.6 Å². The molecule has 0 bridgehead atoms. The van der Waals surface area contributed by atoms with E-state index in [9.17, 15) is 10.1 Å². The molecule has 0 atom stereocenters. The van der Waals surface area contributed by atoms with Crippen molar-refractivity contribution >= 4 is 27.3 Å². The largest absolute Gasteiger partial charge is 0.432 e. The van der Waals surface area contributed by atoms with Crippen LogP contribution in [-0.2, 0) is 0 Å². The second-order valence-corrected chi connectivity index (χ2v) is 5.17. The standard InChI is InChI=1S/C13H12BrN3O3/c1-7-5-9(14)6-11(17(18)19)13(7)20-12-4-3-10(15)8(2)16-12/h3-6H,15H2,1-2H3. The van der Waals surface area contributed by atoms with Gasteiger partial charge >= 0.3 is 5.69 Å². The lowest BCUT2D eigenvalue weighted by Gasteiger charge is -2.10. The number of nitrogens with two attached hydrogens (primary N) is 1. The molecule has 0 unspecified atom stereocenters. The lowest BCUT2D eigenvalue weighted by atomic mass is 10.2. The van der Waals surface area contributed by atoms with E-state index in [4.69, 9.17) is 10.5 Å². The zero-order chi connectivity index (χ0) is 14.9. The molecule has 0 fully saturated rings. The molecular weight excluding hydrogens is 326 g/mol. The minimum absolute atomic E-state index is 0.117. The lowest BCUT2D eigenvalue weighted by Crippen LogP contribution is -1.99. The predicted molar refractivity (Wildman–Crippen MR) is 79.0 cm³/mol. The first-order valence-corrected chi connectivity index (χ1v) is 6.53. The van der Waals surface area contributed by atoms with Gasteiger partial charge in [-0.15, -0.1) is 0 Å². The van der Waals surface area contributed by atoms with E-state index in [0.29, 0.717) is 21.4 Å². The first-order valence-electron chi connectivity index (χ1n) is 5.74. The van der Waals surface area contributed by atoms with Gasteiger partial charge < -0.3 is 10.5 Å². The van der Waals surface area contributed by atoms with Crippen LogP contribution in [0.2, 0.25) is 0 Å². The van der Waals surface area contributed by atoms with Gasteiger partial charge in [-0.25, -0.2) is 4.98 Å². The number of nitro groups is 1. The number of nitro benzene ring substituents is 1. The number of anilines is 1. The molecule has 2 N–H and O–H groups in total. The summed E-state index contributed by atoms with van der Waals surface area (Å²) >= 11 is 3.23. The normalized spacial score (nSPS) is 10.3. The summed E-state index contributed by atoms with van der Waals surface area (Å²) in [5.74, 6) is 0.445. The minimum atomic E-state index is -0.489. The van der Waals surface area contributed by atoms with E-state index in [2.05, 4.69) is 20.9 Å². The summed E-state index contributed by atoms with van der Waals surface area (Å²) < 4.78 is 6.18. The molecule has 2 aromatic rings. The number of rotatable bonds is 3. The number of nitrogens with zero attached hydrogens (tertiary/aromatic N) is 2. The Morgan fingerprint density at radius 3 is 2.65 bits per heavy atom. The highest BCUT2D eigenvalue weighted by molar-refractivity contribution is 9.10. The van der Waals surface area contributed by atoms with Crippen molar-refractivity contribution in [1.29, 1.82) is 0 Å². The maximum Gasteiger partial charge on any atom is 0.313 e. The van der Waals surface area contributed by atoms with E-state index >= 15 is 0 Å². The Morgan fingerprint density at radius 2 is 2.05 bits per heavy atom. The maximum absolute atomic E-state index is 11.1. The zero-order valence-electron chi connectivity index (χ0n) is 10.9. The Balaban J connectivity index is 2.47. The summed E-state index contributed by atoms with van der Waals surface area (Å²) in [5, 5.41) is 11.1. The molecular formula is C13H12BrN3O3. The summed E-state index contributed by atoms with van der Waals surface area (Å²) in [6.07, 6.45) is 0. The van der Waals surface area contributed by atoms with E-state index in [1.165, 1.54) is 6.07 Å². The third-order valence-electron chi connectivity index (χ3n) is 2.72. The summed E-state index contributed by atoms with van der Waals surface area (Å²) in [7, 11) is 0. The molecule has 0 saturated carbocycles. The van der Waals surface area contributed by atoms with Gasteiger partial charge in [0, 0.05) is 22.2 Å². The molecule has 1 aromatic heterocycles. The average Bonchev–Trinajstić information content (AvgIpc) is 2.36. The molecule has 0 aliphatic carbocycles. The number of benzene rings is 1. The highest BCUT2D eigenvalue weighted by atomic mass is 79.9. The maximum atomic E-state index is 11.1. The number of pyridine rings is 1. The molecule has 0 aliphatic rings. The molecule has 0 spiro atoms. The van der Waals surface area contributed by atoms with Gasteiger partial charge in [0.1, 0.15) is 0 Å². The van der Waals surface area contributed by atoms with Crippen molar-refractivity contribution in [2.45, 2.75) is 13.8 Å². The zero-order valence-corrected chi connectivity index (χ0v) is 12.5. The fraction of sp³-hybridized carbons (Fsp3) is 0.154. The predicted octanol–water partition coefficient (Wildman–Crippen LogP) is 3.74. The van der Waals surface area contributed by atoms with Gasteiger partial charge in [-0.3, -0.25) is 10.1 Å². The summed E-state index contributed by atoms with van der Waals surface area (Å²) in [4.78, 5) is 14.8. The van der Waals surface area contributed by atoms with Gasteiger partial charge in [0.2, 0.25) is 11.6 Å². The van der Waals surface area contributed by atoms with E-state index in [0.717, 1.165) is 0 Å². The second-order valence-electron chi connectivity index (χ2n) is 4.25. The Bertz CT molecular complexity index is 689. The molecule has 6 nitrogen and oxygen atoms in total. The van der Waals surface area contributed by atoms with Crippen LogP contribution in [0.1, 0.15) is 11.3 Å². The van der Waals surface area contributed by atoms with Crippen LogP contribution >= 0.6 is 15.9 Å². The summed E-state index contributed by atoms with van der Waals surface area (Å²) in [6.45, 7) is 3.47. The van der Waals surface area contributed by atoms with Crippen molar-refractivity contribution in [1.82, 2.24) is 4.98 Å². The molecule has 7 heteroatoms.